The summed E-state index contributed by atoms with van der Waals surface area (Å²) in [6.45, 7) is 5.22. The van der Waals surface area contributed by atoms with Gasteiger partial charge in [0.05, 0.1) is 64.8 Å². The second-order valence-electron chi connectivity index (χ2n) is 21.6. The van der Waals surface area contributed by atoms with Crippen molar-refractivity contribution in [1.29, 1.82) is 5.26 Å². The second-order valence-corrected chi connectivity index (χ2v) is 22.7. The first-order valence-corrected chi connectivity index (χ1v) is 28.0. The van der Waals surface area contributed by atoms with Gasteiger partial charge in [0.15, 0.2) is 17.4 Å². The SMILES string of the molecule is CO[C@@H](C)COc1nc(N2C[C@@H]3C[C@H]2CN3)c2cc(C(F)(F)F)c(-c3ccc(F)c4sc(N)c(C#N)c34)c(OCc3ccc(-c4cn([C@H](C(=O)N5C[C@H](O)C[C@H]5C(=O)N[C@@H](CO)c5ccc(-c6c(F)cncc6F)cc5)C(C)C)nn4)cc3)c2n1. The molecule has 85 heavy (non-hydrogen) atoms. The Morgan fingerprint density at radius 2 is 1.68 bits per heavy atom. The van der Waals surface area contributed by atoms with Gasteiger partial charge in [-0.1, -0.05) is 73.7 Å². The summed E-state index contributed by atoms with van der Waals surface area (Å²) in [6, 6.07) is 14.3. The van der Waals surface area contributed by atoms with Crippen molar-refractivity contribution in [3.63, 3.8) is 0 Å². The quantitative estimate of drug-likeness (QED) is 0.0507. The molecular weight excluding hydrogens is 1130 g/mol. The number of nitriles is 1. The number of thiophene rings is 1. The van der Waals surface area contributed by atoms with Crippen LogP contribution in [0.3, 0.4) is 0 Å². The molecule has 0 spiro atoms. The van der Waals surface area contributed by atoms with E-state index in [1.165, 1.54) is 47.0 Å². The van der Waals surface area contributed by atoms with Crippen LogP contribution in [-0.2, 0) is 27.1 Å². The van der Waals surface area contributed by atoms with E-state index in [9.17, 15) is 33.8 Å². The molecule has 4 aromatic heterocycles. The molecule has 4 aromatic carbocycles. The van der Waals surface area contributed by atoms with Crippen molar-refractivity contribution in [2.75, 3.05) is 50.6 Å². The Morgan fingerprint density at radius 3 is 2.33 bits per heavy atom. The van der Waals surface area contributed by atoms with Crippen LogP contribution >= 0.6 is 11.3 Å². The highest BCUT2D eigenvalue weighted by Crippen LogP contribution is 2.52. The molecule has 442 valence electrons. The number of pyridine rings is 1. The number of hydrogen-bond acceptors (Lipinski definition) is 17. The number of aliphatic hydroxyl groups excluding tert-OH is 2. The molecule has 8 aromatic rings. The molecule has 3 aliphatic heterocycles. The van der Waals surface area contributed by atoms with Gasteiger partial charge in [-0.2, -0.15) is 28.4 Å². The summed E-state index contributed by atoms with van der Waals surface area (Å²) >= 11 is 0.738. The third kappa shape index (κ3) is 11.2. The van der Waals surface area contributed by atoms with Crippen LogP contribution in [0.1, 0.15) is 68.0 Å². The number of methoxy groups -OCH3 is 1. The van der Waals surface area contributed by atoms with Crippen LogP contribution in [0.2, 0.25) is 0 Å². The molecule has 6 N–H and O–H groups in total. The molecule has 11 rings (SSSR count). The minimum Gasteiger partial charge on any atom is -0.486 e. The van der Waals surface area contributed by atoms with E-state index in [4.69, 9.17) is 29.9 Å². The zero-order valence-electron chi connectivity index (χ0n) is 46.1. The van der Waals surface area contributed by atoms with Crippen LogP contribution in [0.15, 0.2) is 85.3 Å². The number of carbonyl (C=O) groups excluding carboxylic acids is 2. The van der Waals surface area contributed by atoms with Crippen molar-refractivity contribution >= 4 is 55.0 Å². The van der Waals surface area contributed by atoms with Crippen LogP contribution in [-0.4, -0.2) is 127 Å². The van der Waals surface area contributed by atoms with Gasteiger partial charge >= 0.3 is 12.2 Å². The first kappa shape index (κ1) is 58.3. The van der Waals surface area contributed by atoms with Crippen LogP contribution in [0.25, 0.3) is 54.5 Å². The standard InChI is InChI=1S/C59H56F6N12O7S/c1-28(2)51(57(81)76-23-36(79)16-46(76)56(80)70-45(25-78)32-9-11-33(12-10-32)47-42(61)20-68-21-43(47)62)77-24-44(73-74-77)31-7-5-30(6-8-31)27-83-52-49(37-13-14-41(60)53-48(37)39(18-66)54(67)85-53)40(59(63,64)65)17-38-50(52)71-58(84-26-29(3)82-4)72-55(38)75-22-34-15-35(75)19-69-34/h5-14,17,20-21,24,28-29,34-36,45-46,51,69,78-79H,15-16,19,22-23,25-27,67H2,1-4H3,(H,70,80)/t29-,34-,35-,36+,45-,46-,51-/m0/s1. The van der Waals surface area contributed by atoms with E-state index in [0.717, 1.165) is 42.3 Å². The van der Waals surface area contributed by atoms with E-state index in [-0.39, 0.29) is 104 Å². The molecule has 3 aliphatic rings. The summed E-state index contributed by atoms with van der Waals surface area (Å²) < 4.78 is 112. The molecule has 0 radical (unpaired) electrons. The van der Waals surface area contributed by atoms with Gasteiger partial charge in [-0.25, -0.2) is 17.9 Å². The van der Waals surface area contributed by atoms with Crippen molar-refractivity contribution < 1.29 is 60.4 Å². The largest absolute Gasteiger partial charge is 0.486 e. The van der Waals surface area contributed by atoms with Gasteiger partial charge in [0.1, 0.15) is 59.2 Å². The fourth-order valence-electron chi connectivity index (χ4n) is 11.4. The van der Waals surface area contributed by atoms with Gasteiger partial charge in [0.2, 0.25) is 11.8 Å². The molecular formula is C59H56F6N12O7S. The number of fused-ring (bicyclic) bond motifs is 4. The first-order chi connectivity index (χ1) is 40.7. The minimum atomic E-state index is -5.05. The number of rotatable bonds is 18. The van der Waals surface area contributed by atoms with Gasteiger partial charge < -0.3 is 50.6 Å². The van der Waals surface area contributed by atoms with Crippen molar-refractivity contribution in [3.05, 3.63) is 125 Å². The first-order valence-electron chi connectivity index (χ1n) is 27.2. The molecule has 2 bridgehead atoms. The monoisotopic (exact) mass is 1190 g/mol. The van der Waals surface area contributed by atoms with E-state index in [1.807, 2.05) is 11.0 Å². The lowest BCUT2D eigenvalue weighted by Gasteiger charge is -2.30. The van der Waals surface area contributed by atoms with Crippen LogP contribution < -0.4 is 30.7 Å². The number of benzene rings is 4. The molecule has 3 saturated heterocycles. The predicted molar refractivity (Wildman–Crippen MR) is 301 cm³/mol. The van der Waals surface area contributed by atoms with Crippen molar-refractivity contribution in [1.82, 2.24) is 45.5 Å². The lowest BCUT2D eigenvalue weighted by atomic mass is 9.92. The van der Waals surface area contributed by atoms with E-state index in [1.54, 1.807) is 51.2 Å². The summed E-state index contributed by atoms with van der Waals surface area (Å²) in [6.07, 6.45) is -2.60. The number of amides is 2. The summed E-state index contributed by atoms with van der Waals surface area (Å²) in [5.74, 6) is -4.30. The van der Waals surface area contributed by atoms with Crippen LogP contribution in [0, 0.1) is 34.7 Å². The fourth-order valence-corrected chi connectivity index (χ4v) is 12.4. The highest BCUT2D eigenvalue weighted by Gasteiger charge is 2.45. The number of aliphatic hydroxyl groups is 2. The number of ether oxygens (including phenoxy) is 3. The number of hydrogen-bond donors (Lipinski definition) is 5. The van der Waals surface area contributed by atoms with Gasteiger partial charge in [-0.05, 0) is 53.6 Å². The lowest BCUT2D eigenvalue weighted by molar-refractivity contribution is -0.142. The Morgan fingerprint density at radius 1 is 0.953 bits per heavy atom. The van der Waals surface area contributed by atoms with E-state index < -0.39 is 89.4 Å². The maximum atomic E-state index is 15.9. The molecule has 26 heteroatoms. The van der Waals surface area contributed by atoms with Crippen LogP contribution in [0.5, 0.6) is 11.8 Å². The van der Waals surface area contributed by atoms with Crippen LogP contribution in [0.4, 0.5) is 37.2 Å². The molecule has 19 nitrogen and oxygen atoms in total. The molecule has 7 atom stereocenters. The zero-order valence-corrected chi connectivity index (χ0v) is 46.9. The number of nitrogens with zero attached hydrogens (tertiary/aromatic N) is 9. The number of alkyl halides is 3. The Labute approximate surface area is 486 Å². The Balaban J connectivity index is 0.887. The molecule has 0 aliphatic carbocycles. The highest BCUT2D eigenvalue weighted by atomic mass is 32.1. The maximum Gasteiger partial charge on any atom is 0.417 e. The average Bonchev–Trinajstić information content (AvgIpc) is 4.14. The second kappa shape index (κ2) is 23.5. The van der Waals surface area contributed by atoms with Gasteiger partial charge in [0, 0.05) is 67.1 Å². The number of likely N-dealkylation sites (tertiary alicyclic amines) is 1. The molecule has 2 amide bonds. The smallest absolute Gasteiger partial charge is 0.417 e. The van der Waals surface area contributed by atoms with Gasteiger partial charge in [0.25, 0.3) is 0 Å². The topological polar surface area (TPSA) is 252 Å². The molecule has 0 unspecified atom stereocenters. The molecule has 7 heterocycles. The lowest BCUT2D eigenvalue weighted by Crippen LogP contribution is -2.50. The Hall–Kier alpha value is -8.48. The Kier molecular flexibility index (Phi) is 16.1. The average molecular weight is 1190 g/mol. The van der Waals surface area contributed by atoms with E-state index >= 15 is 17.6 Å². The number of nitrogen functional groups attached to an aromatic ring is 1. The zero-order chi connectivity index (χ0) is 60.2. The number of piperazine rings is 1. The predicted octanol–water partition coefficient (Wildman–Crippen LogP) is 8.27. The fraction of sp³-hybridized carbons (Fsp3) is 0.356. The molecule has 3 fully saturated rings. The summed E-state index contributed by atoms with van der Waals surface area (Å²) in [4.78, 5) is 44.7. The number of anilines is 2. The normalized spacial score (nSPS) is 18.8. The number of nitrogens with two attached hydrogens (primary N) is 1. The number of nitrogens with one attached hydrogen (secondary N) is 2. The van der Waals surface area contributed by atoms with Crippen molar-refractivity contribution in [2.24, 2.45) is 5.92 Å². The third-order valence-electron chi connectivity index (χ3n) is 15.7. The summed E-state index contributed by atoms with van der Waals surface area (Å²) in [5.41, 5.74) is 5.77. The van der Waals surface area contributed by atoms with Gasteiger partial charge in [-0.3, -0.25) is 14.6 Å². The highest BCUT2D eigenvalue weighted by molar-refractivity contribution is 7.23. The van der Waals surface area contributed by atoms with E-state index in [2.05, 4.69) is 25.9 Å². The Bertz CT molecular complexity index is 3880. The third-order valence-corrected chi connectivity index (χ3v) is 16.7. The number of halogens is 6. The number of carbonyl (C=O) groups is 2. The molecule has 0 saturated carbocycles. The van der Waals surface area contributed by atoms with Crippen molar-refractivity contribution in [2.45, 2.75) is 88.8 Å². The number of aromatic nitrogens is 6. The maximum absolute atomic E-state index is 15.9. The van der Waals surface area contributed by atoms with Crippen molar-refractivity contribution in [3.8, 4) is 51.3 Å². The summed E-state index contributed by atoms with van der Waals surface area (Å²) in [7, 11) is 1.50. The minimum absolute atomic E-state index is 0.00916. The number of β-amino-alcohol motifs (C(OH)–C–C–N with tert-alkyl or cyclic N) is 1. The summed E-state index contributed by atoms with van der Waals surface area (Å²) in [5, 5.41) is 46.2. The van der Waals surface area contributed by atoms with Gasteiger partial charge in [-0.15, -0.1) is 16.4 Å². The van der Waals surface area contributed by atoms with E-state index in [0.29, 0.717) is 35.5 Å².